The minimum atomic E-state index is 0.419. The smallest absolute Gasteiger partial charge is 0.223 e. The lowest BCUT2D eigenvalue weighted by molar-refractivity contribution is -0.135. The van der Waals surface area contributed by atoms with Crippen LogP contribution >= 0.6 is 0 Å². The van der Waals surface area contributed by atoms with E-state index in [0.29, 0.717) is 17.9 Å². The maximum Gasteiger partial charge on any atom is 0.223 e. The summed E-state index contributed by atoms with van der Waals surface area (Å²) in [5, 5.41) is 3.44. The summed E-state index contributed by atoms with van der Waals surface area (Å²) in [5.74, 6) is 1.08. The molecule has 0 radical (unpaired) electrons. The first kappa shape index (κ1) is 14.8. The average Bonchev–Trinajstić information content (AvgIpc) is 2.46. The molecule has 3 nitrogen and oxygen atoms in total. The molecule has 2 aliphatic rings. The van der Waals surface area contributed by atoms with Crippen molar-refractivity contribution >= 4 is 5.91 Å². The van der Waals surface area contributed by atoms with Crippen LogP contribution in [0.5, 0.6) is 0 Å². The SMILES string of the molecule is CCCN(C(=O)CC1CCCCC1)C1CCCNC1. The Kier molecular flexibility index (Phi) is 6.15. The zero-order valence-electron chi connectivity index (χ0n) is 12.5. The number of piperidine rings is 1. The summed E-state index contributed by atoms with van der Waals surface area (Å²) >= 11 is 0. The highest BCUT2D eigenvalue weighted by molar-refractivity contribution is 5.76. The molecule has 1 aliphatic carbocycles. The Morgan fingerprint density at radius 1 is 1.16 bits per heavy atom. The summed E-state index contributed by atoms with van der Waals surface area (Å²) < 4.78 is 0. The largest absolute Gasteiger partial charge is 0.338 e. The van der Waals surface area contributed by atoms with Crippen molar-refractivity contribution in [2.75, 3.05) is 19.6 Å². The molecule has 1 unspecified atom stereocenters. The van der Waals surface area contributed by atoms with E-state index in [0.717, 1.165) is 32.5 Å². The highest BCUT2D eigenvalue weighted by Gasteiger charge is 2.26. The van der Waals surface area contributed by atoms with Crippen LogP contribution in [0.3, 0.4) is 0 Å². The Labute approximate surface area is 118 Å². The van der Waals surface area contributed by atoms with Gasteiger partial charge in [-0.15, -0.1) is 0 Å². The van der Waals surface area contributed by atoms with Crippen molar-refractivity contribution in [1.82, 2.24) is 10.2 Å². The summed E-state index contributed by atoms with van der Waals surface area (Å²) in [5.41, 5.74) is 0. The van der Waals surface area contributed by atoms with Gasteiger partial charge in [-0.3, -0.25) is 4.79 Å². The standard InChI is InChI=1S/C16H30N2O/c1-2-11-18(15-9-6-10-17-13-15)16(19)12-14-7-4-3-5-8-14/h14-15,17H,2-13H2,1H3. The van der Waals surface area contributed by atoms with Crippen molar-refractivity contribution in [2.45, 2.75) is 70.8 Å². The molecule has 110 valence electrons. The first-order valence-electron chi connectivity index (χ1n) is 8.31. The van der Waals surface area contributed by atoms with Crippen LogP contribution in [0.4, 0.5) is 0 Å². The van der Waals surface area contributed by atoms with Crippen molar-refractivity contribution in [2.24, 2.45) is 5.92 Å². The Bertz CT molecular complexity index is 268. The van der Waals surface area contributed by atoms with Crippen LogP contribution in [-0.2, 0) is 4.79 Å². The fourth-order valence-corrected chi connectivity index (χ4v) is 3.61. The molecule has 1 amide bonds. The molecule has 1 atom stereocenters. The first-order valence-corrected chi connectivity index (χ1v) is 8.31. The van der Waals surface area contributed by atoms with E-state index in [9.17, 15) is 4.79 Å². The lowest BCUT2D eigenvalue weighted by Crippen LogP contribution is -2.49. The molecule has 2 rings (SSSR count). The molecule has 0 spiro atoms. The first-order chi connectivity index (χ1) is 9.31. The van der Waals surface area contributed by atoms with Crippen molar-refractivity contribution in [3.05, 3.63) is 0 Å². The predicted molar refractivity (Wildman–Crippen MR) is 79.1 cm³/mol. The Hall–Kier alpha value is -0.570. The summed E-state index contributed by atoms with van der Waals surface area (Å²) in [6, 6.07) is 0.449. The maximum atomic E-state index is 12.6. The maximum absolute atomic E-state index is 12.6. The van der Waals surface area contributed by atoms with Crippen LogP contribution in [0.15, 0.2) is 0 Å². The molecule has 1 aliphatic heterocycles. The van der Waals surface area contributed by atoms with Gasteiger partial charge in [-0.1, -0.05) is 26.2 Å². The van der Waals surface area contributed by atoms with E-state index in [1.54, 1.807) is 0 Å². The lowest BCUT2D eigenvalue weighted by atomic mass is 9.86. The van der Waals surface area contributed by atoms with Gasteiger partial charge >= 0.3 is 0 Å². The van der Waals surface area contributed by atoms with E-state index in [-0.39, 0.29) is 0 Å². The molecule has 1 heterocycles. The van der Waals surface area contributed by atoms with Gasteiger partial charge in [-0.2, -0.15) is 0 Å². The van der Waals surface area contributed by atoms with E-state index in [4.69, 9.17) is 0 Å². The van der Waals surface area contributed by atoms with Gasteiger partial charge in [0.25, 0.3) is 0 Å². The number of hydrogen-bond acceptors (Lipinski definition) is 2. The van der Waals surface area contributed by atoms with Crippen LogP contribution in [0.25, 0.3) is 0 Å². The van der Waals surface area contributed by atoms with Gasteiger partial charge in [0.05, 0.1) is 0 Å². The fourth-order valence-electron chi connectivity index (χ4n) is 3.61. The molecule has 0 aromatic heterocycles. The predicted octanol–water partition coefficient (Wildman–Crippen LogP) is 2.95. The number of rotatable bonds is 5. The lowest BCUT2D eigenvalue weighted by Gasteiger charge is -2.36. The zero-order chi connectivity index (χ0) is 13.5. The van der Waals surface area contributed by atoms with Gasteiger partial charge in [-0.25, -0.2) is 0 Å². The number of carbonyl (C=O) groups is 1. The topological polar surface area (TPSA) is 32.3 Å². The third-order valence-corrected chi connectivity index (χ3v) is 4.68. The molecule has 1 saturated carbocycles. The van der Waals surface area contributed by atoms with E-state index in [1.807, 2.05) is 0 Å². The third-order valence-electron chi connectivity index (χ3n) is 4.68. The van der Waals surface area contributed by atoms with Gasteiger partial charge in [0, 0.05) is 25.6 Å². The molecule has 1 saturated heterocycles. The summed E-state index contributed by atoms with van der Waals surface area (Å²) in [7, 11) is 0. The van der Waals surface area contributed by atoms with Gasteiger partial charge < -0.3 is 10.2 Å². The van der Waals surface area contributed by atoms with E-state index in [1.165, 1.54) is 44.9 Å². The number of nitrogens with one attached hydrogen (secondary N) is 1. The zero-order valence-corrected chi connectivity index (χ0v) is 12.5. The molecule has 3 heteroatoms. The minimum absolute atomic E-state index is 0.419. The molecule has 0 bridgehead atoms. The Morgan fingerprint density at radius 3 is 2.58 bits per heavy atom. The minimum Gasteiger partial charge on any atom is -0.338 e. The molecule has 19 heavy (non-hydrogen) atoms. The average molecular weight is 266 g/mol. The van der Waals surface area contributed by atoms with Crippen LogP contribution in [0.1, 0.15) is 64.7 Å². The van der Waals surface area contributed by atoms with Crippen molar-refractivity contribution in [3.8, 4) is 0 Å². The van der Waals surface area contributed by atoms with Crippen molar-refractivity contribution < 1.29 is 4.79 Å². The number of hydrogen-bond donors (Lipinski definition) is 1. The normalized spacial score (nSPS) is 25.2. The quantitative estimate of drug-likeness (QED) is 0.830. The van der Waals surface area contributed by atoms with E-state index >= 15 is 0 Å². The van der Waals surface area contributed by atoms with Gasteiger partial charge in [0.15, 0.2) is 0 Å². The number of carbonyl (C=O) groups excluding carboxylic acids is 1. The molecule has 0 aromatic rings. The molecular weight excluding hydrogens is 236 g/mol. The van der Waals surface area contributed by atoms with E-state index in [2.05, 4.69) is 17.1 Å². The second-order valence-electron chi connectivity index (χ2n) is 6.30. The van der Waals surface area contributed by atoms with Crippen molar-refractivity contribution in [1.29, 1.82) is 0 Å². The van der Waals surface area contributed by atoms with E-state index < -0.39 is 0 Å². The summed E-state index contributed by atoms with van der Waals surface area (Å²) in [4.78, 5) is 14.8. The molecule has 0 aromatic carbocycles. The molecule has 2 fully saturated rings. The second-order valence-corrected chi connectivity index (χ2v) is 6.30. The van der Waals surface area contributed by atoms with Gasteiger partial charge in [0.1, 0.15) is 0 Å². The van der Waals surface area contributed by atoms with Gasteiger partial charge in [0.2, 0.25) is 5.91 Å². The van der Waals surface area contributed by atoms with Crippen LogP contribution in [0.2, 0.25) is 0 Å². The number of amides is 1. The summed E-state index contributed by atoms with van der Waals surface area (Å²) in [6.45, 7) is 5.23. The fraction of sp³-hybridized carbons (Fsp3) is 0.938. The van der Waals surface area contributed by atoms with Crippen LogP contribution in [-0.4, -0.2) is 36.5 Å². The van der Waals surface area contributed by atoms with Crippen LogP contribution < -0.4 is 5.32 Å². The highest BCUT2D eigenvalue weighted by Crippen LogP contribution is 2.27. The third kappa shape index (κ3) is 4.48. The number of nitrogens with zero attached hydrogens (tertiary/aromatic N) is 1. The second kappa shape index (κ2) is 7.88. The Balaban J connectivity index is 1.87. The van der Waals surface area contributed by atoms with Crippen molar-refractivity contribution in [3.63, 3.8) is 0 Å². The highest BCUT2D eigenvalue weighted by atomic mass is 16.2. The van der Waals surface area contributed by atoms with Crippen LogP contribution in [0, 0.1) is 5.92 Å². The molecule has 1 N–H and O–H groups in total. The monoisotopic (exact) mass is 266 g/mol. The Morgan fingerprint density at radius 2 is 1.95 bits per heavy atom. The summed E-state index contributed by atoms with van der Waals surface area (Å²) in [6.07, 6.45) is 10.8. The molecular formula is C16H30N2O. The van der Waals surface area contributed by atoms with Gasteiger partial charge in [-0.05, 0) is 44.6 Å².